The number of rotatable bonds is 16. The minimum absolute atomic E-state index is 0.0502. The van der Waals surface area contributed by atoms with E-state index in [1.807, 2.05) is 42.5 Å². The van der Waals surface area contributed by atoms with Crippen LogP contribution in [0.4, 0.5) is 0 Å². The van der Waals surface area contributed by atoms with Crippen LogP contribution in [0.1, 0.15) is 98.2 Å². The topological polar surface area (TPSA) is 128 Å². The van der Waals surface area contributed by atoms with Crippen LogP contribution in [0.5, 0.6) is 17.2 Å². The van der Waals surface area contributed by atoms with Gasteiger partial charge in [0, 0.05) is 23.2 Å². The second-order valence-electron chi connectivity index (χ2n) is 15.0. The molecule has 0 unspecified atom stereocenters. The molecule has 0 spiro atoms. The highest BCUT2D eigenvalue weighted by Gasteiger charge is 2.27. The number of aromatic hydroxyl groups is 1. The SMILES string of the molecule is CCC(C)(C)c1ccc(OCCCNC(=O)c2ccc3c(C(=O)Oc4ccc(CSc5nnnn5-c5ccccc5)cc4)cccc3c2O)c(C(C)(C)CC)c1. The van der Waals surface area contributed by atoms with Gasteiger partial charge in [-0.05, 0) is 99.5 Å². The van der Waals surface area contributed by atoms with Gasteiger partial charge in [-0.1, -0.05) is 114 Å². The zero-order valence-corrected chi connectivity index (χ0v) is 33.7. The third-order valence-electron chi connectivity index (χ3n) is 10.6. The zero-order chi connectivity index (χ0) is 39.9. The molecular weight excluding hydrogens is 723 g/mol. The van der Waals surface area contributed by atoms with Crippen LogP contribution >= 0.6 is 11.8 Å². The Morgan fingerprint density at radius 1 is 0.821 bits per heavy atom. The van der Waals surface area contributed by atoms with Crippen LogP contribution in [-0.2, 0) is 16.6 Å². The Kier molecular flexibility index (Phi) is 12.4. The summed E-state index contributed by atoms with van der Waals surface area (Å²) in [5.74, 6) is 0.663. The first-order valence-corrected chi connectivity index (χ1v) is 20.0. The number of ether oxygens (including phenoxy) is 2. The number of carbonyl (C=O) groups excluding carboxylic acids is 2. The van der Waals surface area contributed by atoms with E-state index in [0.717, 1.165) is 29.8 Å². The first-order valence-electron chi connectivity index (χ1n) is 19.0. The molecule has 5 aromatic carbocycles. The Morgan fingerprint density at radius 3 is 2.30 bits per heavy atom. The number of hydrogen-bond donors (Lipinski definition) is 2. The normalized spacial score (nSPS) is 11.8. The molecule has 10 nitrogen and oxygen atoms in total. The number of benzene rings is 5. The summed E-state index contributed by atoms with van der Waals surface area (Å²) >= 11 is 1.49. The van der Waals surface area contributed by atoms with Crippen LogP contribution in [0.2, 0.25) is 0 Å². The fourth-order valence-electron chi connectivity index (χ4n) is 6.22. The van der Waals surface area contributed by atoms with Crippen LogP contribution in [0.3, 0.4) is 0 Å². The summed E-state index contributed by atoms with van der Waals surface area (Å²) in [6.45, 7) is 14.2. The molecule has 0 radical (unpaired) electrons. The number of thioether (sulfide) groups is 1. The van der Waals surface area contributed by atoms with Crippen molar-refractivity contribution in [2.75, 3.05) is 13.2 Å². The van der Waals surface area contributed by atoms with E-state index >= 15 is 0 Å². The number of nitrogens with zero attached hydrogens (tertiary/aromatic N) is 4. The van der Waals surface area contributed by atoms with E-state index in [0.29, 0.717) is 47.0 Å². The highest BCUT2D eigenvalue weighted by Crippen LogP contribution is 2.39. The van der Waals surface area contributed by atoms with Crippen LogP contribution in [0.15, 0.2) is 108 Å². The fourth-order valence-corrected chi connectivity index (χ4v) is 7.07. The maximum atomic E-state index is 13.3. The lowest BCUT2D eigenvalue weighted by Crippen LogP contribution is -2.26. The molecule has 0 aliphatic heterocycles. The van der Waals surface area contributed by atoms with Crippen molar-refractivity contribution < 1.29 is 24.2 Å². The Hall–Kier alpha value is -5.68. The first kappa shape index (κ1) is 40.0. The standard InChI is InChI=1S/C45H49N5O5S/c1-7-44(3,4)31-20-25-39(38(28-31)45(5,6)8-2)54-27-13-26-46-41(52)37-24-23-34-35(40(37)51)16-12-17-36(34)42(53)55-33-21-18-30(19-22-33)29-56-43-47-48-49-50(43)32-14-10-9-11-15-32/h9-12,14-25,28,51H,7-8,13,26-27,29H2,1-6H3,(H,46,52). The van der Waals surface area contributed by atoms with Gasteiger partial charge in [-0.2, -0.15) is 4.68 Å². The number of phenols is 1. The summed E-state index contributed by atoms with van der Waals surface area (Å²) in [4.78, 5) is 26.5. The predicted octanol–water partition coefficient (Wildman–Crippen LogP) is 9.61. The molecule has 2 N–H and O–H groups in total. The second kappa shape index (κ2) is 17.4. The first-order chi connectivity index (χ1) is 26.9. The summed E-state index contributed by atoms with van der Waals surface area (Å²) in [6.07, 6.45) is 2.60. The Morgan fingerprint density at radius 2 is 1.57 bits per heavy atom. The molecule has 56 heavy (non-hydrogen) atoms. The van der Waals surface area contributed by atoms with Gasteiger partial charge in [0.25, 0.3) is 5.91 Å². The van der Waals surface area contributed by atoms with Crippen LogP contribution in [-0.4, -0.2) is 50.3 Å². The largest absolute Gasteiger partial charge is 0.506 e. The number of esters is 1. The summed E-state index contributed by atoms with van der Waals surface area (Å²) in [7, 11) is 0. The van der Waals surface area contributed by atoms with Crippen molar-refractivity contribution in [1.82, 2.24) is 25.5 Å². The third kappa shape index (κ3) is 9.05. The lowest BCUT2D eigenvalue weighted by Gasteiger charge is -2.30. The molecule has 6 aromatic rings. The molecule has 0 bridgehead atoms. The lowest BCUT2D eigenvalue weighted by molar-refractivity contribution is 0.0736. The van der Waals surface area contributed by atoms with Gasteiger partial charge in [-0.15, -0.1) is 5.10 Å². The van der Waals surface area contributed by atoms with E-state index in [4.69, 9.17) is 9.47 Å². The van der Waals surface area contributed by atoms with E-state index in [1.165, 1.54) is 29.0 Å². The number of nitrogens with one attached hydrogen (secondary N) is 1. The average Bonchev–Trinajstić information content (AvgIpc) is 3.69. The Labute approximate surface area is 332 Å². The average molecular weight is 772 g/mol. The van der Waals surface area contributed by atoms with Crippen LogP contribution in [0, 0.1) is 0 Å². The minimum atomic E-state index is -0.578. The fraction of sp³-hybridized carbons (Fsp3) is 0.311. The van der Waals surface area contributed by atoms with Crippen LogP contribution < -0.4 is 14.8 Å². The van der Waals surface area contributed by atoms with Gasteiger partial charge in [0.15, 0.2) is 0 Å². The summed E-state index contributed by atoms with van der Waals surface area (Å²) < 4.78 is 13.7. The van der Waals surface area contributed by atoms with Crippen molar-refractivity contribution in [3.63, 3.8) is 0 Å². The highest BCUT2D eigenvalue weighted by atomic mass is 32.2. The third-order valence-corrected chi connectivity index (χ3v) is 11.6. The molecular formula is C45H49N5O5S. The maximum absolute atomic E-state index is 13.3. The van der Waals surface area contributed by atoms with E-state index < -0.39 is 11.9 Å². The summed E-state index contributed by atoms with van der Waals surface area (Å²) in [5.41, 5.74) is 4.77. The molecule has 0 saturated heterocycles. The Balaban J connectivity index is 1.04. The van der Waals surface area contributed by atoms with Gasteiger partial charge < -0.3 is 19.9 Å². The summed E-state index contributed by atoms with van der Waals surface area (Å²) in [6, 6.07) is 31.6. The molecule has 0 fully saturated rings. The lowest BCUT2D eigenvalue weighted by atomic mass is 9.76. The molecule has 1 heterocycles. The van der Waals surface area contributed by atoms with Crippen molar-refractivity contribution >= 4 is 34.4 Å². The van der Waals surface area contributed by atoms with Crippen molar-refractivity contribution in [2.24, 2.45) is 0 Å². The number of carbonyl (C=O) groups is 2. The van der Waals surface area contributed by atoms with Crippen molar-refractivity contribution in [3.05, 3.63) is 131 Å². The monoisotopic (exact) mass is 771 g/mol. The number of fused-ring (bicyclic) bond motifs is 1. The van der Waals surface area contributed by atoms with Gasteiger partial charge in [0.05, 0.1) is 23.4 Å². The van der Waals surface area contributed by atoms with E-state index in [2.05, 4.69) is 80.6 Å². The number of aromatic nitrogens is 4. The van der Waals surface area contributed by atoms with Gasteiger partial charge in [0.2, 0.25) is 5.16 Å². The molecule has 0 aliphatic rings. The molecule has 290 valence electrons. The van der Waals surface area contributed by atoms with Crippen molar-refractivity contribution in [3.8, 4) is 22.9 Å². The molecule has 0 saturated carbocycles. The number of para-hydroxylation sites is 1. The molecule has 1 aromatic heterocycles. The molecule has 0 aliphatic carbocycles. The smallest absolute Gasteiger partial charge is 0.344 e. The van der Waals surface area contributed by atoms with E-state index in [-0.39, 0.29) is 27.7 Å². The van der Waals surface area contributed by atoms with Gasteiger partial charge >= 0.3 is 5.97 Å². The van der Waals surface area contributed by atoms with Gasteiger partial charge in [0.1, 0.15) is 17.2 Å². The molecule has 11 heteroatoms. The number of amides is 1. The second-order valence-corrected chi connectivity index (χ2v) is 16.0. The number of tetrazole rings is 1. The maximum Gasteiger partial charge on any atom is 0.344 e. The van der Waals surface area contributed by atoms with Crippen LogP contribution in [0.25, 0.3) is 16.5 Å². The quantitative estimate of drug-likeness (QED) is 0.0428. The van der Waals surface area contributed by atoms with E-state index in [9.17, 15) is 14.7 Å². The van der Waals surface area contributed by atoms with Gasteiger partial charge in [-0.3, -0.25) is 4.79 Å². The Bertz CT molecular complexity index is 2300. The molecule has 6 rings (SSSR count). The highest BCUT2D eigenvalue weighted by molar-refractivity contribution is 7.98. The van der Waals surface area contributed by atoms with Crippen molar-refractivity contribution in [2.45, 2.75) is 82.5 Å². The number of hydrogen-bond acceptors (Lipinski definition) is 9. The van der Waals surface area contributed by atoms with Crippen molar-refractivity contribution in [1.29, 1.82) is 0 Å². The number of phenolic OH excluding ortho intramolecular Hbond substituents is 1. The zero-order valence-electron chi connectivity index (χ0n) is 32.8. The molecule has 0 atom stereocenters. The molecule has 1 amide bonds. The predicted molar refractivity (Wildman–Crippen MR) is 221 cm³/mol. The minimum Gasteiger partial charge on any atom is -0.506 e. The van der Waals surface area contributed by atoms with Gasteiger partial charge in [-0.25, -0.2) is 4.79 Å². The van der Waals surface area contributed by atoms with E-state index in [1.54, 1.807) is 41.1 Å². The summed E-state index contributed by atoms with van der Waals surface area (Å²) in [5, 5.41) is 27.6.